The van der Waals surface area contributed by atoms with Crippen molar-refractivity contribution < 1.29 is 0 Å². The molecule has 0 aromatic carbocycles. The molecule has 5 atom stereocenters. The average Bonchev–Trinajstić information content (AvgIpc) is 2.30. The molecule has 1 aliphatic rings. The molecule has 0 spiro atoms. The Morgan fingerprint density at radius 2 is 1.94 bits per heavy atom. The Bertz CT molecular complexity index is 217. The minimum Gasteiger partial charge on any atom is -0.315 e. The molecule has 0 saturated carbocycles. The number of nitrogens with zero attached hydrogens (tertiary/aromatic N) is 1. The van der Waals surface area contributed by atoms with Crippen LogP contribution >= 0.6 is 0 Å². The average molecular weight is 240 g/mol. The van der Waals surface area contributed by atoms with Crippen molar-refractivity contribution in [1.82, 2.24) is 10.2 Å². The fourth-order valence-corrected chi connectivity index (χ4v) is 3.17. The molecule has 5 unspecified atom stereocenters. The molecule has 2 heteroatoms. The minimum absolute atomic E-state index is 0.639. The van der Waals surface area contributed by atoms with Gasteiger partial charge in [0.1, 0.15) is 0 Å². The first-order valence-corrected chi connectivity index (χ1v) is 7.40. The van der Waals surface area contributed by atoms with Gasteiger partial charge < -0.3 is 5.32 Å². The topological polar surface area (TPSA) is 15.3 Å². The van der Waals surface area contributed by atoms with Gasteiger partial charge in [-0.1, -0.05) is 34.1 Å². The molecular weight excluding hydrogens is 208 g/mol. The predicted octanol–water partition coefficient (Wildman–Crippen LogP) is 2.99. The first-order valence-electron chi connectivity index (χ1n) is 7.40. The summed E-state index contributed by atoms with van der Waals surface area (Å²) in [7, 11) is 2.11. The van der Waals surface area contributed by atoms with Crippen molar-refractivity contribution in [3.05, 3.63) is 0 Å². The molecule has 102 valence electrons. The molecule has 1 rings (SSSR count). The summed E-state index contributed by atoms with van der Waals surface area (Å²) in [6.07, 6.45) is 2.66. The highest BCUT2D eigenvalue weighted by atomic mass is 15.2. The van der Waals surface area contributed by atoms with Crippen LogP contribution in [-0.2, 0) is 0 Å². The van der Waals surface area contributed by atoms with Gasteiger partial charge in [-0.3, -0.25) is 4.90 Å². The van der Waals surface area contributed by atoms with Crippen LogP contribution in [0.2, 0.25) is 0 Å². The fraction of sp³-hybridized carbons (Fsp3) is 1.00. The maximum Gasteiger partial charge on any atom is 0.0217 e. The van der Waals surface area contributed by atoms with E-state index in [0.717, 1.165) is 23.8 Å². The summed E-state index contributed by atoms with van der Waals surface area (Å²) in [4.78, 5) is 2.70. The second-order valence-corrected chi connectivity index (χ2v) is 6.29. The Labute approximate surface area is 108 Å². The Morgan fingerprint density at radius 3 is 2.47 bits per heavy atom. The third kappa shape index (κ3) is 3.96. The van der Waals surface area contributed by atoms with Crippen molar-refractivity contribution in [3.63, 3.8) is 0 Å². The summed E-state index contributed by atoms with van der Waals surface area (Å²) in [5.41, 5.74) is 0. The molecule has 1 heterocycles. The van der Waals surface area contributed by atoms with E-state index in [4.69, 9.17) is 0 Å². The normalized spacial score (nSPS) is 34.6. The standard InChI is InChI=1S/C15H32N2/c1-7-12(3)15(16-6)10-17-9-11(2)8-13(4)14(17)5/h11-16H,7-10H2,1-6H3. The van der Waals surface area contributed by atoms with Crippen LogP contribution in [0.3, 0.4) is 0 Å². The fourth-order valence-electron chi connectivity index (χ4n) is 3.17. The van der Waals surface area contributed by atoms with E-state index in [1.54, 1.807) is 0 Å². The Balaban J connectivity index is 2.58. The molecule has 0 aromatic heterocycles. The second kappa shape index (κ2) is 6.75. The Kier molecular flexibility index (Phi) is 5.94. The summed E-state index contributed by atoms with van der Waals surface area (Å²) < 4.78 is 0. The molecule has 0 bridgehead atoms. The molecule has 2 nitrogen and oxygen atoms in total. The summed E-state index contributed by atoms with van der Waals surface area (Å²) in [6, 6.07) is 1.38. The van der Waals surface area contributed by atoms with E-state index >= 15 is 0 Å². The lowest BCUT2D eigenvalue weighted by Crippen LogP contribution is -2.52. The van der Waals surface area contributed by atoms with Crippen LogP contribution in [0.1, 0.15) is 47.5 Å². The lowest BCUT2D eigenvalue weighted by Gasteiger charge is -2.43. The van der Waals surface area contributed by atoms with Gasteiger partial charge in [0, 0.05) is 25.2 Å². The van der Waals surface area contributed by atoms with Crippen LogP contribution in [-0.4, -0.2) is 37.1 Å². The molecule has 0 aliphatic carbocycles. The largest absolute Gasteiger partial charge is 0.315 e. The summed E-state index contributed by atoms with van der Waals surface area (Å²) in [5.74, 6) is 2.46. The van der Waals surface area contributed by atoms with Crippen molar-refractivity contribution in [1.29, 1.82) is 0 Å². The van der Waals surface area contributed by atoms with Crippen molar-refractivity contribution >= 4 is 0 Å². The van der Waals surface area contributed by atoms with Gasteiger partial charge in [-0.15, -0.1) is 0 Å². The molecule has 0 radical (unpaired) electrons. The maximum absolute atomic E-state index is 3.51. The van der Waals surface area contributed by atoms with Crippen molar-refractivity contribution in [2.75, 3.05) is 20.1 Å². The number of hydrogen-bond acceptors (Lipinski definition) is 2. The van der Waals surface area contributed by atoms with Gasteiger partial charge in [-0.25, -0.2) is 0 Å². The van der Waals surface area contributed by atoms with E-state index in [1.807, 2.05) is 0 Å². The molecular formula is C15H32N2. The SMILES string of the molecule is CCC(C)C(CN1CC(C)CC(C)C1C)NC. The lowest BCUT2D eigenvalue weighted by molar-refractivity contribution is 0.0644. The van der Waals surface area contributed by atoms with E-state index < -0.39 is 0 Å². The van der Waals surface area contributed by atoms with E-state index in [9.17, 15) is 0 Å². The number of nitrogens with one attached hydrogen (secondary N) is 1. The van der Waals surface area contributed by atoms with Gasteiger partial charge in [0.05, 0.1) is 0 Å². The monoisotopic (exact) mass is 240 g/mol. The first-order chi connectivity index (χ1) is 7.99. The third-order valence-electron chi connectivity index (χ3n) is 4.85. The number of hydrogen-bond donors (Lipinski definition) is 1. The van der Waals surface area contributed by atoms with Crippen LogP contribution in [0.25, 0.3) is 0 Å². The van der Waals surface area contributed by atoms with Gasteiger partial charge in [0.2, 0.25) is 0 Å². The molecule has 17 heavy (non-hydrogen) atoms. The highest BCUT2D eigenvalue weighted by molar-refractivity contribution is 4.85. The Hall–Kier alpha value is -0.0800. The van der Waals surface area contributed by atoms with Crippen molar-refractivity contribution in [3.8, 4) is 0 Å². The van der Waals surface area contributed by atoms with Crippen LogP contribution in [0.5, 0.6) is 0 Å². The number of likely N-dealkylation sites (N-methyl/N-ethyl adjacent to an activating group) is 1. The Morgan fingerprint density at radius 1 is 1.29 bits per heavy atom. The first kappa shape index (κ1) is 15.0. The minimum atomic E-state index is 0.639. The van der Waals surface area contributed by atoms with Gasteiger partial charge in [-0.2, -0.15) is 0 Å². The molecule has 1 N–H and O–H groups in total. The summed E-state index contributed by atoms with van der Waals surface area (Å²) >= 11 is 0. The van der Waals surface area contributed by atoms with Crippen LogP contribution in [0, 0.1) is 17.8 Å². The third-order valence-corrected chi connectivity index (χ3v) is 4.85. The van der Waals surface area contributed by atoms with Gasteiger partial charge in [0.15, 0.2) is 0 Å². The zero-order valence-corrected chi connectivity index (χ0v) is 12.7. The van der Waals surface area contributed by atoms with Crippen molar-refractivity contribution in [2.45, 2.75) is 59.5 Å². The molecule has 1 aliphatic heterocycles. The molecule has 0 amide bonds. The highest BCUT2D eigenvalue weighted by Gasteiger charge is 2.30. The summed E-state index contributed by atoms with van der Waals surface area (Å²) in [5, 5.41) is 3.51. The smallest absolute Gasteiger partial charge is 0.0217 e. The lowest BCUT2D eigenvalue weighted by atomic mass is 9.85. The molecule has 1 fully saturated rings. The maximum atomic E-state index is 3.51. The predicted molar refractivity (Wildman–Crippen MR) is 76.3 cm³/mol. The second-order valence-electron chi connectivity index (χ2n) is 6.29. The zero-order chi connectivity index (χ0) is 13.0. The number of piperidine rings is 1. The quantitative estimate of drug-likeness (QED) is 0.795. The van der Waals surface area contributed by atoms with Crippen LogP contribution < -0.4 is 5.32 Å². The summed E-state index contributed by atoms with van der Waals surface area (Å²) in [6.45, 7) is 14.3. The van der Waals surface area contributed by atoms with E-state index in [0.29, 0.717) is 6.04 Å². The van der Waals surface area contributed by atoms with Crippen molar-refractivity contribution in [2.24, 2.45) is 17.8 Å². The van der Waals surface area contributed by atoms with Gasteiger partial charge in [0.25, 0.3) is 0 Å². The number of likely N-dealkylation sites (tertiary alicyclic amines) is 1. The van der Waals surface area contributed by atoms with E-state index in [2.05, 4.69) is 51.9 Å². The van der Waals surface area contributed by atoms with Gasteiger partial charge >= 0.3 is 0 Å². The van der Waals surface area contributed by atoms with Crippen LogP contribution in [0.15, 0.2) is 0 Å². The number of rotatable bonds is 5. The highest BCUT2D eigenvalue weighted by Crippen LogP contribution is 2.27. The van der Waals surface area contributed by atoms with Gasteiger partial charge in [-0.05, 0) is 38.1 Å². The van der Waals surface area contributed by atoms with E-state index in [-0.39, 0.29) is 0 Å². The molecule has 0 aromatic rings. The molecule has 1 saturated heterocycles. The zero-order valence-electron chi connectivity index (χ0n) is 12.7. The van der Waals surface area contributed by atoms with E-state index in [1.165, 1.54) is 25.9 Å². The van der Waals surface area contributed by atoms with Crippen LogP contribution in [0.4, 0.5) is 0 Å².